The second kappa shape index (κ2) is 7.39. The molecule has 1 rings (SSSR count). The number of hydrogen-bond donors (Lipinski definition) is 2. The topological polar surface area (TPSA) is 86.3 Å². The Morgan fingerprint density at radius 3 is 2.56 bits per heavy atom. The molecule has 0 unspecified atom stereocenters. The van der Waals surface area contributed by atoms with Crippen molar-refractivity contribution in [3.63, 3.8) is 0 Å². The van der Waals surface area contributed by atoms with E-state index in [0.717, 1.165) is 6.42 Å². The Bertz CT molecular complexity index is 407. The fourth-order valence-electron chi connectivity index (χ4n) is 1.37. The Kier molecular flexibility index (Phi) is 5.79. The lowest BCUT2D eigenvalue weighted by Crippen LogP contribution is -2.13. The highest BCUT2D eigenvalue weighted by Crippen LogP contribution is 2.22. The maximum absolute atomic E-state index is 8.65. The van der Waals surface area contributed by atoms with E-state index in [2.05, 4.69) is 5.16 Å². The van der Waals surface area contributed by atoms with E-state index in [0.29, 0.717) is 30.3 Å². The van der Waals surface area contributed by atoms with Crippen molar-refractivity contribution in [1.82, 2.24) is 0 Å². The molecule has 18 heavy (non-hydrogen) atoms. The zero-order valence-electron chi connectivity index (χ0n) is 10.5. The molecule has 0 atom stereocenters. The summed E-state index contributed by atoms with van der Waals surface area (Å²) in [6, 6.07) is 5.09. The molecule has 0 bridgehead atoms. The summed E-state index contributed by atoms with van der Waals surface area (Å²) < 4.78 is 15.6. The summed E-state index contributed by atoms with van der Waals surface area (Å²) in [5, 5.41) is 11.6. The first kappa shape index (κ1) is 14.1. The third-order valence-electron chi connectivity index (χ3n) is 2.28. The second-order valence-corrected chi connectivity index (χ2v) is 3.58. The van der Waals surface area contributed by atoms with E-state index in [-0.39, 0.29) is 5.84 Å². The number of methoxy groups -OCH3 is 2. The first-order valence-electron chi connectivity index (χ1n) is 5.50. The van der Waals surface area contributed by atoms with E-state index in [9.17, 15) is 0 Å². The van der Waals surface area contributed by atoms with Crippen LogP contribution in [-0.2, 0) is 4.74 Å². The van der Waals surface area contributed by atoms with Gasteiger partial charge in [0, 0.05) is 31.8 Å². The van der Waals surface area contributed by atoms with Crippen LogP contribution in [0.5, 0.6) is 11.5 Å². The van der Waals surface area contributed by atoms with Gasteiger partial charge in [-0.25, -0.2) is 0 Å². The Morgan fingerprint density at radius 1 is 1.22 bits per heavy atom. The van der Waals surface area contributed by atoms with Crippen LogP contribution in [-0.4, -0.2) is 38.5 Å². The lowest BCUT2D eigenvalue weighted by Gasteiger charge is -2.10. The average molecular weight is 254 g/mol. The van der Waals surface area contributed by atoms with Gasteiger partial charge in [0.2, 0.25) is 0 Å². The van der Waals surface area contributed by atoms with Gasteiger partial charge in [-0.3, -0.25) is 0 Å². The number of hydrogen-bond acceptors (Lipinski definition) is 5. The van der Waals surface area contributed by atoms with Crippen molar-refractivity contribution >= 4 is 5.84 Å². The van der Waals surface area contributed by atoms with Crippen molar-refractivity contribution in [3.8, 4) is 11.5 Å². The number of nitrogens with two attached hydrogens (primary N) is 1. The zero-order chi connectivity index (χ0) is 13.4. The summed E-state index contributed by atoms with van der Waals surface area (Å²) in [4.78, 5) is 0. The summed E-state index contributed by atoms with van der Waals surface area (Å²) in [6.07, 6.45) is 0.784. The summed E-state index contributed by atoms with van der Waals surface area (Å²) in [7, 11) is 3.18. The molecule has 0 aliphatic carbocycles. The Labute approximate surface area is 106 Å². The first-order chi connectivity index (χ1) is 8.71. The molecule has 0 aliphatic rings. The molecule has 6 heteroatoms. The van der Waals surface area contributed by atoms with Gasteiger partial charge in [-0.15, -0.1) is 0 Å². The molecule has 0 saturated carbocycles. The van der Waals surface area contributed by atoms with E-state index >= 15 is 0 Å². The Hall–Kier alpha value is -1.95. The minimum Gasteiger partial charge on any atom is -0.497 e. The predicted octanol–water partition coefficient (Wildman–Crippen LogP) is 1.20. The zero-order valence-corrected chi connectivity index (χ0v) is 10.5. The molecule has 0 spiro atoms. The molecule has 0 heterocycles. The molecular weight excluding hydrogens is 236 g/mol. The number of nitrogens with zero attached hydrogens (tertiary/aromatic N) is 1. The molecule has 100 valence electrons. The van der Waals surface area contributed by atoms with Gasteiger partial charge in [-0.1, -0.05) is 5.16 Å². The number of ether oxygens (including phenoxy) is 3. The van der Waals surface area contributed by atoms with Gasteiger partial charge in [0.1, 0.15) is 11.5 Å². The maximum Gasteiger partial charge on any atom is 0.170 e. The van der Waals surface area contributed by atoms with Crippen LogP contribution in [0, 0.1) is 0 Å². The van der Waals surface area contributed by atoms with Gasteiger partial charge in [-0.2, -0.15) is 0 Å². The maximum atomic E-state index is 8.65. The van der Waals surface area contributed by atoms with Crippen molar-refractivity contribution < 1.29 is 19.4 Å². The van der Waals surface area contributed by atoms with Crippen LogP contribution in [0.2, 0.25) is 0 Å². The first-order valence-corrected chi connectivity index (χ1v) is 5.50. The number of rotatable bonds is 7. The highest BCUT2D eigenvalue weighted by atomic mass is 16.5. The van der Waals surface area contributed by atoms with Crippen LogP contribution in [0.4, 0.5) is 0 Å². The Balaban J connectivity index is 2.77. The van der Waals surface area contributed by atoms with Crippen molar-refractivity contribution in [2.75, 3.05) is 27.4 Å². The van der Waals surface area contributed by atoms with Gasteiger partial charge < -0.3 is 25.2 Å². The SMILES string of the molecule is COCCCOc1cc(OC)cc(/C(N)=N/O)c1. The number of amidine groups is 1. The van der Waals surface area contributed by atoms with Crippen molar-refractivity contribution in [3.05, 3.63) is 23.8 Å². The summed E-state index contributed by atoms with van der Waals surface area (Å²) >= 11 is 0. The third kappa shape index (κ3) is 4.14. The average Bonchev–Trinajstić information content (AvgIpc) is 2.42. The van der Waals surface area contributed by atoms with Gasteiger partial charge in [0.05, 0.1) is 13.7 Å². The summed E-state index contributed by atoms with van der Waals surface area (Å²) in [5.74, 6) is 1.20. The molecule has 3 N–H and O–H groups in total. The normalized spacial score (nSPS) is 11.3. The largest absolute Gasteiger partial charge is 0.497 e. The van der Waals surface area contributed by atoms with E-state index in [4.69, 9.17) is 25.2 Å². The fraction of sp³-hybridized carbons (Fsp3) is 0.417. The number of benzene rings is 1. The fourth-order valence-corrected chi connectivity index (χ4v) is 1.37. The summed E-state index contributed by atoms with van der Waals surface area (Å²) in [5.41, 5.74) is 6.07. The Morgan fingerprint density at radius 2 is 1.94 bits per heavy atom. The second-order valence-electron chi connectivity index (χ2n) is 3.58. The van der Waals surface area contributed by atoms with Crippen LogP contribution in [0.1, 0.15) is 12.0 Å². The van der Waals surface area contributed by atoms with E-state index in [1.807, 2.05) is 0 Å². The predicted molar refractivity (Wildman–Crippen MR) is 67.5 cm³/mol. The molecule has 0 aromatic heterocycles. The molecule has 0 aliphatic heterocycles. The molecule has 1 aromatic carbocycles. The van der Waals surface area contributed by atoms with Crippen LogP contribution in [0.15, 0.2) is 23.4 Å². The van der Waals surface area contributed by atoms with Crippen LogP contribution in [0.25, 0.3) is 0 Å². The molecule has 0 radical (unpaired) electrons. The standard InChI is InChI=1S/C12H18N2O4/c1-16-4-3-5-18-11-7-9(12(13)14-15)6-10(8-11)17-2/h6-8,15H,3-5H2,1-2H3,(H2,13,14). The minimum atomic E-state index is 0.00985. The number of oxime groups is 1. The van der Waals surface area contributed by atoms with Crippen LogP contribution >= 0.6 is 0 Å². The van der Waals surface area contributed by atoms with Crippen molar-refractivity contribution in [1.29, 1.82) is 0 Å². The van der Waals surface area contributed by atoms with Gasteiger partial charge >= 0.3 is 0 Å². The molecule has 1 aromatic rings. The smallest absolute Gasteiger partial charge is 0.170 e. The molecule has 0 saturated heterocycles. The van der Waals surface area contributed by atoms with E-state index in [1.165, 1.54) is 0 Å². The van der Waals surface area contributed by atoms with Crippen molar-refractivity contribution in [2.45, 2.75) is 6.42 Å². The molecule has 6 nitrogen and oxygen atoms in total. The third-order valence-corrected chi connectivity index (χ3v) is 2.28. The van der Waals surface area contributed by atoms with Crippen LogP contribution < -0.4 is 15.2 Å². The lowest BCUT2D eigenvalue weighted by molar-refractivity contribution is 0.172. The molecule has 0 amide bonds. The van der Waals surface area contributed by atoms with E-state index in [1.54, 1.807) is 32.4 Å². The summed E-state index contributed by atoms with van der Waals surface area (Å²) in [6.45, 7) is 1.16. The highest BCUT2D eigenvalue weighted by Gasteiger charge is 2.06. The van der Waals surface area contributed by atoms with Gasteiger partial charge in [-0.05, 0) is 12.1 Å². The quantitative estimate of drug-likeness (QED) is 0.251. The van der Waals surface area contributed by atoms with Crippen molar-refractivity contribution in [2.24, 2.45) is 10.9 Å². The van der Waals surface area contributed by atoms with Gasteiger partial charge in [0.25, 0.3) is 0 Å². The monoisotopic (exact) mass is 254 g/mol. The molecule has 0 fully saturated rings. The minimum absolute atomic E-state index is 0.00985. The van der Waals surface area contributed by atoms with E-state index < -0.39 is 0 Å². The lowest BCUT2D eigenvalue weighted by atomic mass is 10.2. The van der Waals surface area contributed by atoms with Crippen LogP contribution in [0.3, 0.4) is 0 Å². The van der Waals surface area contributed by atoms with Gasteiger partial charge in [0.15, 0.2) is 5.84 Å². The molecular formula is C12H18N2O4. The highest BCUT2D eigenvalue weighted by molar-refractivity contribution is 5.97.